The summed E-state index contributed by atoms with van der Waals surface area (Å²) >= 11 is 0. The van der Waals surface area contributed by atoms with Gasteiger partial charge in [0.15, 0.2) is 0 Å². The summed E-state index contributed by atoms with van der Waals surface area (Å²) in [7, 11) is 3.90. The minimum Gasteiger partial charge on any atom is -0.480 e. The maximum atomic E-state index is 12.4. The number of hydrogen-bond acceptors (Lipinski definition) is 3. The highest BCUT2D eigenvalue weighted by Crippen LogP contribution is 2.39. The summed E-state index contributed by atoms with van der Waals surface area (Å²) in [6.07, 6.45) is 1.73. The molecule has 0 radical (unpaired) electrons. The minimum absolute atomic E-state index is 0.0345. The zero-order valence-corrected chi connectivity index (χ0v) is 13.1. The van der Waals surface area contributed by atoms with Gasteiger partial charge in [-0.05, 0) is 53.6 Å². The summed E-state index contributed by atoms with van der Waals surface area (Å²) in [5.74, 6) is -0.906. The van der Waals surface area contributed by atoms with Gasteiger partial charge in [0.25, 0.3) is 0 Å². The Morgan fingerprint density at radius 2 is 1.95 bits per heavy atom. The second-order valence-electron chi connectivity index (χ2n) is 6.11. The standard InChI is InChI=1S/C14H27N3O3/c1-6-17(10(2)9-16(4)5)13(20)15-14(3,12(18)19)11-7-8-11/h10-11H,6-9H2,1-5H3,(H,15,20)(H,18,19). The van der Waals surface area contributed by atoms with E-state index in [4.69, 9.17) is 0 Å². The van der Waals surface area contributed by atoms with Crippen molar-refractivity contribution in [3.05, 3.63) is 0 Å². The molecule has 1 aliphatic rings. The number of likely N-dealkylation sites (N-methyl/N-ethyl adjacent to an activating group) is 2. The number of amides is 2. The smallest absolute Gasteiger partial charge is 0.329 e. The quantitative estimate of drug-likeness (QED) is 0.738. The number of carbonyl (C=O) groups excluding carboxylic acids is 1. The third-order valence-corrected chi connectivity index (χ3v) is 3.97. The Hall–Kier alpha value is -1.30. The first-order valence-electron chi connectivity index (χ1n) is 7.19. The van der Waals surface area contributed by atoms with Crippen molar-refractivity contribution in [3.8, 4) is 0 Å². The van der Waals surface area contributed by atoms with Crippen LogP contribution in [-0.4, -0.2) is 65.7 Å². The molecule has 0 aromatic carbocycles. The molecule has 1 saturated carbocycles. The van der Waals surface area contributed by atoms with E-state index < -0.39 is 11.5 Å². The van der Waals surface area contributed by atoms with Gasteiger partial charge in [-0.3, -0.25) is 0 Å². The second-order valence-corrected chi connectivity index (χ2v) is 6.11. The zero-order chi connectivity index (χ0) is 15.5. The molecule has 2 unspecified atom stereocenters. The molecule has 6 nitrogen and oxygen atoms in total. The van der Waals surface area contributed by atoms with Crippen molar-refractivity contribution in [2.75, 3.05) is 27.2 Å². The van der Waals surface area contributed by atoms with E-state index in [2.05, 4.69) is 5.32 Å². The molecule has 6 heteroatoms. The molecule has 20 heavy (non-hydrogen) atoms. The fourth-order valence-electron chi connectivity index (χ4n) is 2.57. The SMILES string of the molecule is CCN(C(=O)NC(C)(C(=O)O)C1CC1)C(C)CN(C)C. The number of nitrogens with one attached hydrogen (secondary N) is 1. The van der Waals surface area contributed by atoms with Gasteiger partial charge in [0, 0.05) is 19.1 Å². The Bertz CT molecular complexity index is 369. The number of urea groups is 1. The molecule has 1 rings (SSSR count). The number of carbonyl (C=O) groups is 2. The van der Waals surface area contributed by atoms with Gasteiger partial charge in [-0.15, -0.1) is 0 Å². The average Bonchev–Trinajstić information content (AvgIpc) is 3.11. The zero-order valence-electron chi connectivity index (χ0n) is 13.1. The number of carboxylic acid groups (broad SMARTS) is 1. The number of nitrogens with zero attached hydrogens (tertiary/aromatic N) is 2. The van der Waals surface area contributed by atoms with Gasteiger partial charge in [0.1, 0.15) is 5.54 Å². The summed E-state index contributed by atoms with van der Waals surface area (Å²) in [6, 6.07) is -0.258. The van der Waals surface area contributed by atoms with Crippen LogP contribution in [0.2, 0.25) is 0 Å². The first-order chi connectivity index (χ1) is 9.22. The van der Waals surface area contributed by atoms with Gasteiger partial charge >= 0.3 is 12.0 Å². The third-order valence-electron chi connectivity index (χ3n) is 3.97. The molecule has 0 saturated heterocycles. The predicted molar refractivity (Wildman–Crippen MR) is 77.7 cm³/mol. The van der Waals surface area contributed by atoms with Gasteiger partial charge in [-0.25, -0.2) is 9.59 Å². The summed E-state index contributed by atoms with van der Waals surface area (Å²) in [4.78, 5) is 27.5. The van der Waals surface area contributed by atoms with Gasteiger partial charge in [0.05, 0.1) is 0 Å². The van der Waals surface area contributed by atoms with Gasteiger partial charge < -0.3 is 20.2 Å². The number of carboxylic acids is 1. The van der Waals surface area contributed by atoms with Crippen LogP contribution in [-0.2, 0) is 4.79 Å². The summed E-state index contributed by atoms with van der Waals surface area (Å²) in [5.41, 5.74) is -1.15. The van der Waals surface area contributed by atoms with E-state index in [9.17, 15) is 14.7 Å². The van der Waals surface area contributed by atoms with Crippen LogP contribution in [0.5, 0.6) is 0 Å². The molecule has 0 aromatic heterocycles. The highest BCUT2D eigenvalue weighted by atomic mass is 16.4. The predicted octanol–water partition coefficient (Wildman–Crippen LogP) is 1.22. The molecule has 2 atom stereocenters. The van der Waals surface area contributed by atoms with E-state index in [0.29, 0.717) is 6.54 Å². The monoisotopic (exact) mass is 285 g/mol. The number of aliphatic carboxylic acids is 1. The molecule has 0 heterocycles. The maximum Gasteiger partial charge on any atom is 0.329 e. The average molecular weight is 285 g/mol. The lowest BCUT2D eigenvalue weighted by Gasteiger charge is -2.34. The molecule has 2 N–H and O–H groups in total. The van der Waals surface area contributed by atoms with Crippen LogP contribution < -0.4 is 5.32 Å². The van der Waals surface area contributed by atoms with Crippen molar-refractivity contribution in [2.24, 2.45) is 5.92 Å². The Morgan fingerprint density at radius 3 is 2.30 bits per heavy atom. The van der Waals surface area contributed by atoms with Gasteiger partial charge in [-0.2, -0.15) is 0 Å². The molecule has 0 spiro atoms. The molecule has 1 fully saturated rings. The normalized spacial score (nSPS) is 19.3. The van der Waals surface area contributed by atoms with Gasteiger partial charge in [-0.1, -0.05) is 0 Å². The lowest BCUT2D eigenvalue weighted by molar-refractivity contribution is -0.144. The van der Waals surface area contributed by atoms with Crippen LogP contribution >= 0.6 is 0 Å². The number of rotatable bonds is 7. The Kier molecular flexibility index (Phi) is 5.39. The van der Waals surface area contributed by atoms with E-state index in [1.807, 2.05) is 32.8 Å². The van der Waals surface area contributed by atoms with Crippen LogP contribution in [0.1, 0.15) is 33.6 Å². The second kappa shape index (κ2) is 6.43. The fourth-order valence-corrected chi connectivity index (χ4v) is 2.57. The van der Waals surface area contributed by atoms with Crippen molar-refractivity contribution in [1.29, 1.82) is 0 Å². The maximum absolute atomic E-state index is 12.4. The van der Waals surface area contributed by atoms with Crippen molar-refractivity contribution in [2.45, 2.75) is 45.2 Å². The first-order valence-corrected chi connectivity index (χ1v) is 7.19. The van der Waals surface area contributed by atoms with Gasteiger partial charge in [0.2, 0.25) is 0 Å². The third kappa shape index (κ3) is 3.85. The van der Waals surface area contributed by atoms with Crippen LogP contribution in [0, 0.1) is 5.92 Å². The van der Waals surface area contributed by atoms with Crippen LogP contribution in [0.15, 0.2) is 0 Å². The molecule has 0 bridgehead atoms. The van der Waals surface area contributed by atoms with Crippen molar-refractivity contribution in [3.63, 3.8) is 0 Å². The van der Waals surface area contributed by atoms with Crippen LogP contribution in [0.25, 0.3) is 0 Å². The molecular weight excluding hydrogens is 258 g/mol. The first kappa shape index (κ1) is 16.8. The van der Waals surface area contributed by atoms with Crippen molar-refractivity contribution >= 4 is 12.0 Å². The van der Waals surface area contributed by atoms with E-state index in [0.717, 1.165) is 19.4 Å². The van der Waals surface area contributed by atoms with Crippen LogP contribution in [0.3, 0.4) is 0 Å². The molecule has 1 aliphatic carbocycles. The van der Waals surface area contributed by atoms with Crippen molar-refractivity contribution in [1.82, 2.24) is 15.1 Å². The summed E-state index contributed by atoms with van der Waals surface area (Å²) in [5, 5.41) is 12.1. The van der Waals surface area contributed by atoms with E-state index >= 15 is 0 Å². The largest absolute Gasteiger partial charge is 0.480 e. The van der Waals surface area contributed by atoms with E-state index in [-0.39, 0.29) is 18.0 Å². The Balaban J connectivity index is 2.73. The van der Waals surface area contributed by atoms with E-state index in [1.165, 1.54) is 0 Å². The Morgan fingerprint density at radius 1 is 1.40 bits per heavy atom. The minimum atomic E-state index is -1.15. The molecule has 116 valence electrons. The topological polar surface area (TPSA) is 72.9 Å². The van der Waals surface area contributed by atoms with E-state index in [1.54, 1.807) is 11.8 Å². The molecule has 0 aliphatic heterocycles. The highest BCUT2D eigenvalue weighted by Gasteiger charge is 2.49. The van der Waals surface area contributed by atoms with Crippen LogP contribution in [0.4, 0.5) is 4.79 Å². The number of hydrogen-bond donors (Lipinski definition) is 2. The lowest BCUT2D eigenvalue weighted by atomic mass is 9.96. The molecule has 0 aromatic rings. The molecule has 2 amide bonds. The van der Waals surface area contributed by atoms with Crippen molar-refractivity contribution < 1.29 is 14.7 Å². The fraction of sp³-hybridized carbons (Fsp3) is 0.857. The summed E-state index contributed by atoms with van der Waals surface area (Å²) in [6.45, 7) is 6.78. The Labute approximate surface area is 121 Å². The lowest BCUT2D eigenvalue weighted by Crippen LogP contribution is -2.59. The highest BCUT2D eigenvalue weighted by molar-refractivity contribution is 5.86. The summed E-state index contributed by atoms with van der Waals surface area (Å²) < 4.78 is 0. The molecular formula is C14H27N3O3.